The molecule has 2 heteroatoms. The van der Waals surface area contributed by atoms with Crippen molar-refractivity contribution in [2.45, 2.75) is 25.3 Å². The molecule has 0 heterocycles. The van der Waals surface area contributed by atoms with Gasteiger partial charge in [-0.3, -0.25) is 0 Å². The van der Waals surface area contributed by atoms with Crippen LogP contribution in [0.3, 0.4) is 0 Å². The van der Waals surface area contributed by atoms with Crippen LogP contribution in [0.5, 0.6) is 0 Å². The Bertz CT molecular complexity index is 579. The number of halogens is 1. The van der Waals surface area contributed by atoms with Gasteiger partial charge in [0, 0.05) is 11.1 Å². The third-order valence-corrected chi connectivity index (χ3v) is 4.52. The molecule has 0 fully saturated rings. The van der Waals surface area contributed by atoms with E-state index in [0.717, 1.165) is 24.3 Å². The normalized spacial score (nSPS) is 22.0. The zero-order chi connectivity index (χ0) is 13.2. The number of aryl methyl sites for hydroxylation is 1. The summed E-state index contributed by atoms with van der Waals surface area (Å²) in [5.74, 6) is 0.481. The Morgan fingerprint density at radius 3 is 2.63 bits per heavy atom. The molecule has 0 bridgehead atoms. The van der Waals surface area contributed by atoms with Crippen LogP contribution in [0.15, 0.2) is 48.5 Å². The van der Waals surface area contributed by atoms with Crippen LogP contribution in [-0.2, 0) is 12.8 Å². The van der Waals surface area contributed by atoms with Gasteiger partial charge in [0.2, 0.25) is 0 Å². The van der Waals surface area contributed by atoms with Gasteiger partial charge in [-0.15, -0.1) is 0 Å². The second-order valence-corrected chi connectivity index (χ2v) is 5.73. The van der Waals surface area contributed by atoms with Crippen molar-refractivity contribution in [2.24, 2.45) is 11.7 Å². The van der Waals surface area contributed by atoms with Crippen LogP contribution in [0.4, 0.5) is 0 Å². The fourth-order valence-corrected chi connectivity index (χ4v) is 3.25. The lowest BCUT2D eigenvalue weighted by Gasteiger charge is -2.31. The Kier molecular flexibility index (Phi) is 3.58. The molecule has 0 saturated carbocycles. The number of fused-ring (bicyclic) bond motifs is 1. The maximum absolute atomic E-state index is 6.45. The third kappa shape index (κ3) is 2.54. The number of hydrogen-bond acceptors (Lipinski definition) is 1. The average Bonchev–Trinajstić information content (AvgIpc) is 2.44. The number of hydrogen-bond donors (Lipinski definition) is 1. The number of rotatable bonds is 2. The molecule has 0 amide bonds. The SMILES string of the molecule is NC1c2ccccc2CCC1Cc1ccccc1Cl. The highest BCUT2D eigenvalue weighted by molar-refractivity contribution is 6.31. The smallest absolute Gasteiger partial charge is 0.0438 e. The topological polar surface area (TPSA) is 26.0 Å². The first-order valence-corrected chi connectivity index (χ1v) is 7.20. The van der Waals surface area contributed by atoms with E-state index in [2.05, 4.69) is 30.3 Å². The summed E-state index contributed by atoms with van der Waals surface area (Å²) in [6.07, 6.45) is 3.23. The van der Waals surface area contributed by atoms with E-state index in [-0.39, 0.29) is 6.04 Å². The Morgan fingerprint density at radius 2 is 1.79 bits per heavy atom. The summed E-state index contributed by atoms with van der Waals surface area (Å²) in [5.41, 5.74) is 10.4. The van der Waals surface area contributed by atoms with Gasteiger partial charge in [-0.2, -0.15) is 0 Å². The predicted molar refractivity (Wildman–Crippen MR) is 80.3 cm³/mol. The molecular weight excluding hydrogens is 254 g/mol. The predicted octanol–water partition coefficient (Wildman–Crippen LogP) is 4.14. The van der Waals surface area contributed by atoms with E-state index < -0.39 is 0 Å². The van der Waals surface area contributed by atoms with E-state index in [0.29, 0.717) is 5.92 Å². The Hall–Kier alpha value is -1.31. The van der Waals surface area contributed by atoms with Crippen molar-refractivity contribution in [1.82, 2.24) is 0 Å². The summed E-state index contributed by atoms with van der Waals surface area (Å²) in [6.45, 7) is 0. The highest BCUT2D eigenvalue weighted by Crippen LogP contribution is 2.35. The molecule has 19 heavy (non-hydrogen) atoms. The molecule has 2 aromatic rings. The molecule has 3 rings (SSSR count). The van der Waals surface area contributed by atoms with E-state index in [1.165, 1.54) is 16.7 Å². The zero-order valence-corrected chi connectivity index (χ0v) is 11.6. The Labute approximate surface area is 119 Å². The van der Waals surface area contributed by atoms with Gasteiger partial charge in [-0.05, 0) is 47.9 Å². The highest BCUT2D eigenvalue weighted by atomic mass is 35.5. The molecular formula is C17H18ClN. The molecule has 2 unspecified atom stereocenters. The van der Waals surface area contributed by atoms with E-state index in [9.17, 15) is 0 Å². The van der Waals surface area contributed by atoms with Crippen molar-refractivity contribution in [1.29, 1.82) is 0 Å². The zero-order valence-electron chi connectivity index (χ0n) is 10.9. The van der Waals surface area contributed by atoms with Gasteiger partial charge in [-0.1, -0.05) is 54.1 Å². The van der Waals surface area contributed by atoms with Crippen LogP contribution in [0.25, 0.3) is 0 Å². The summed E-state index contributed by atoms with van der Waals surface area (Å²) < 4.78 is 0. The number of nitrogens with two attached hydrogens (primary N) is 1. The molecule has 2 aromatic carbocycles. The van der Waals surface area contributed by atoms with Crippen molar-refractivity contribution in [3.8, 4) is 0 Å². The molecule has 0 aliphatic heterocycles. The molecule has 1 nitrogen and oxygen atoms in total. The maximum Gasteiger partial charge on any atom is 0.0438 e. The first-order valence-electron chi connectivity index (χ1n) is 6.82. The van der Waals surface area contributed by atoms with E-state index >= 15 is 0 Å². The molecule has 98 valence electrons. The van der Waals surface area contributed by atoms with Gasteiger partial charge in [0.1, 0.15) is 0 Å². The van der Waals surface area contributed by atoms with Crippen LogP contribution in [0, 0.1) is 5.92 Å². The van der Waals surface area contributed by atoms with Crippen LogP contribution in [0.1, 0.15) is 29.2 Å². The molecule has 0 radical (unpaired) electrons. The maximum atomic E-state index is 6.45. The fourth-order valence-electron chi connectivity index (χ4n) is 3.04. The van der Waals surface area contributed by atoms with Gasteiger partial charge in [0.05, 0.1) is 0 Å². The van der Waals surface area contributed by atoms with Crippen molar-refractivity contribution >= 4 is 11.6 Å². The van der Waals surface area contributed by atoms with Crippen LogP contribution in [0.2, 0.25) is 5.02 Å². The summed E-state index contributed by atoms with van der Waals surface area (Å²) in [7, 11) is 0. The monoisotopic (exact) mass is 271 g/mol. The quantitative estimate of drug-likeness (QED) is 0.873. The van der Waals surface area contributed by atoms with Gasteiger partial charge < -0.3 is 5.73 Å². The Balaban J connectivity index is 1.83. The minimum absolute atomic E-state index is 0.126. The van der Waals surface area contributed by atoms with Gasteiger partial charge in [-0.25, -0.2) is 0 Å². The average molecular weight is 272 g/mol. The van der Waals surface area contributed by atoms with Crippen molar-refractivity contribution in [3.05, 3.63) is 70.2 Å². The largest absolute Gasteiger partial charge is 0.324 e. The fraction of sp³-hybridized carbons (Fsp3) is 0.294. The summed E-state index contributed by atoms with van der Waals surface area (Å²) in [5, 5.41) is 0.855. The van der Waals surface area contributed by atoms with Crippen molar-refractivity contribution < 1.29 is 0 Å². The van der Waals surface area contributed by atoms with Gasteiger partial charge >= 0.3 is 0 Å². The van der Waals surface area contributed by atoms with Crippen LogP contribution < -0.4 is 5.73 Å². The first-order chi connectivity index (χ1) is 9.25. The lowest BCUT2D eigenvalue weighted by Crippen LogP contribution is -2.28. The summed E-state index contributed by atoms with van der Waals surface area (Å²) in [6, 6.07) is 16.7. The highest BCUT2D eigenvalue weighted by Gasteiger charge is 2.26. The minimum Gasteiger partial charge on any atom is -0.324 e. The molecule has 0 saturated heterocycles. The summed E-state index contributed by atoms with van der Waals surface area (Å²) >= 11 is 6.25. The first kappa shape index (κ1) is 12.7. The molecule has 1 aliphatic rings. The second-order valence-electron chi connectivity index (χ2n) is 5.32. The number of benzene rings is 2. The van der Waals surface area contributed by atoms with Crippen LogP contribution in [-0.4, -0.2) is 0 Å². The van der Waals surface area contributed by atoms with Crippen LogP contribution >= 0.6 is 11.6 Å². The standard InChI is InChI=1S/C17H18ClN/c18-16-8-4-2-6-13(16)11-14-10-9-12-5-1-3-7-15(12)17(14)19/h1-8,14,17H,9-11,19H2. The van der Waals surface area contributed by atoms with E-state index in [1.54, 1.807) is 0 Å². The molecule has 0 spiro atoms. The molecule has 2 N–H and O–H groups in total. The van der Waals surface area contributed by atoms with Gasteiger partial charge in [0.25, 0.3) is 0 Å². The Morgan fingerprint density at radius 1 is 1.05 bits per heavy atom. The van der Waals surface area contributed by atoms with E-state index in [4.69, 9.17) is 17.3 Å². The second kappa shape index (κ2) is 5.36. The third-order valence-electron chi connectivity index (χ3n) is 4.15. The van der Waals surface area contributed by atoms with Crippen molar-refractivity contribution in [2.75, 3.05) is 0 Å². The molecule has 2 atom stereocenters. The molecule has 1 aliphatic carbocycles. The minimum atomic E-state index is 0.126. The summed E-state index contributed by atoms with van der Waals surface area (Å²) in [4.78, 5) is 0. The van der Waals surface area contributed by atoms with Gasteiger partial charge in [0.15, 0.2) is 0 Å². The lowest BCUT2D eigenvalue weighted by molar-refractivity contribution is 0.376. The van der Waals surface area contributed by atoms with Crippen molar-refractivity contribution in [3.63, 3.8) is 0 Å². The lowest BCUT2D eigenvalue weighted by atomic mass is 9.77. The van der Waals surface area contributed by atoms with E-state index in [1.807, 2.05) is 18.2 Å². The molecule has 0 aromatic heterocycles.